The number of nitrogens with zero attached hydrogens (tertiary/aromatic N) is 1. The summed E-state index contributed by atoms with van der Waals surface area (Å²) in [6.07, 6.45) is 0.688. The molecular formula is C13H19N3O5. The molecule has 0 spiro atoms. The smallest absolute Gasteiger partial charge is 0.311 e. The maximum atomic E-state index is 11.5. The Morgan fingerprint density at radius 3 is 2.86 bits per heavy atom. The van der Waals surface area contributed by atoms with E-state index in [2.05, 4.69) is 5.32 Å². The number of carbonyl (C=O) groups is 1. The van der Waals surface area contributed by atoms with E-state index >= 15 is 0 Å². The summed E-state index contributed by atoms with van der Waals surface area (Å²) in [6.45, 7) is 0.925. The number of methoxy groups -OCH3 is 1. The predicted octanol–water partition coefficient (Wildman–Crippen LogP) is 0.585. The average molecular weight is 297 g/mol. The van der Waals surface area contributed by atoms with Crippen LogP contribution in [0.15, 0.2) is 18.2 Å². The van der Waals surface area contributed by atoms with Crippen molar-refractivity contribution in [2.45, 2.75) is 13.0 Å². The van der Waals surface area contributed by atoms with E-state index in [1.165, 1.54) is 12.1 Å². The number of nitrogens with one attached hydrogen (secondary N) is 1. The van der Waals surface area contributed by atoms with Crippen molar-refractivity contribution in [3.8, 4) is 5.75 Å². The molecule has 8 heteroatoms. The molecule has 1 aromatic carbocycles. The maximum absolute atomic E-state index is 11.5. The van der Waals surface area contributed by atoms with Crippen molar-refractivity contribution in [3.63, 3.8) is 0 Å². The molecule has 0 bridgehead atoms. The molecule has 0 atom stereocenters. The van der Waals surface area contributed by atoms with Crippen molar-refractivity contribution in [2.24, 2.45) is 5.73 Å². The predicted molar refractivity (Wildman–Crippen MR) is 76.0 cm³/mol. The summed E-state index contributed by atoms with van der Waals surface area (Å²) in [5.74, 6) is -0.299. The molecule has 1 rings (SSSR count). The Balaban J connectivity index is 2.54. The number of benzene rings is 1. The summed E-state index contributed by atoms with van der Waals surface area (Å²) >= 11 is 0. The standard InChI is InChI=1S/C13H19N3O5/c1-20-6-2-5-15-13(17)9-21-12-4-3-10(8-14)7-11(12)16(18)19/h3-4,7H,2,5-6,8-9,14H2,1H3,(H,15,17). The summed E-state index contributed by atoms with van der Waals surface area (Å²) in [5, 5.41) is 13.6. The summed E-state index contributed by atoms with van der Waals surface area (Å²) in [6, 6.07) is 4.41. The van der Waals surface area contributed by atoms with Crippen molar-refractivity contribution in [2.75, 3.05) is 26.9 Å². The minimum Gasteiger partial charge on any atom is -0.477 e. The lowest BCUT2D eigenvalue weighted by Crippen LogP contribution is -2.30. The average Bonchev–Trinajstić information content (AvgIpc) is 2.49. The number of amides is 1. The lowest BCUT2D eigenvalue weighted by atomic mass is 10.2. The molecule has 0 unspecified atom stereocenters. The zero-order chi connectivity index (χ0) is 15.7. The van der Waals surface area contributed by atoms with Gasteiger partial charge < -0.3 is 20.5 Å². The Morgan fingerprint density at radius 1 is 1.48 bits per heavy atom. The van der Waals surface area contributed by atoms with Gasteiger partial charge in [-0.1, -0.05) is 6.07 Å². The Hall–Kier alpha value is -2.19. The van der Waals surface area contributed by atoms with E-state index in [1.54, 1.807) is 13.2 Å². The third-order valence-corrected chi connectivity index (χ3v) is 2.66. The van der Waals surface area contributed by atoms with Gasteiger partial charge in [0.2, 0.25) is 0 Å². The normalized spacial score (nSPS) is 10.2. The molecular weight excluding hydrogens is 278 g/mol. The molecule has 1 amide bonds. The van der Waals surface area contributed by atoms with E-state index in [0.29, 0.717) is 25.1 Å². The van der Waals surface area contributed by atoms with Gasteiger partial charge in [-0.15, -0.1) is 0 Å². The van der Waals surface area contributed by atoms with Crippen molar-refractivity contribution >= 4 is 11.6 Å². The minimum atomic E-state index is -0.564. The van der Waals surface area contributed by atoms with Crippen LogP contribution in [0, 0.1) is 10.1 Å². The number of ether oxygens (including phenoxy) is 2. The highest BCUT2D eigenvalue weighted by Crippen LogP contribution is 2.27. The maximum Gasteiger partial charge on any atom is 0.311 e. The van der Waals surface area contributed by atoms with E-state index in [-0.39, 0.29) is 30.5 Å². The van der Waals surface area contributed by atoms with Crippen LogP contribution < -0.4 is 15.8 Å². The fraction of sp³-hybridized carbons (Fsp3) is 0.462. The summed E-state index contributed by atoms with van der Waals surface area (Å²) in [4.78, 5) is 21.9. The van der Waals surface area contributed by atoms with Crippen LogP contribution in [0.4, 0.5) is 5.69 Å². The monoisotopic (exact) mass is 297 g/mol. The van der Waals surface area contributed by atoms with Gasteiger partial charge in [0.15, 0.2) is 12.4 Å². The molecule has 0 aromatic heterocycles. The number of rotatable bonds is 9. The number of nitro groups is 1. The van der Waals surface area contributed by atoms with E-state index < -0.39 is 4.92 Å². The van der Waals surface area contributed by atoms with Crippen molar-refractivity contribution in [3.05, 3.63) is 33.9 Å². The third kappa shape index (κ3) is 5.76. The number of hydrogen-bond acceptors (Lipinski definition) is 6. The fourth-order valence-electron chi connectivity index (χ4n) is 1.59. The summed E-state index contributed by atoms with van der Waals surface area (Å²) < 4.78 is 10.0. The van der Waals surface area contributed by atoms with Gasteiger partial charge in [-0.25, -0.2) is 0 Å². The molecule has 8 nitrogen and oxygen atoms in total. The molecule has 0 aliphatic carbocycles. The van der Waals surface area contributed by atoms with Crippen molar-refractivity contribution in [1.29, 1.82) is 0 Å². The van der Waals surface area contributed by atoms with Gasteiger partial charge in [0.25, 0.3) is 5.91 Å². The molecule has 0 saturated heterocycles. The van der Waals surface area contributed by atoms with E-state index in [4.69, 9.17) is 15.2 Å². The van der Waals surface area contributed by atoms with Gasteiger partial charge >= 0.3 is 5.69 Å². The van der Waals surface area contributed by atoms with Gasteiger partial charge in [-0.05, 0) is 18.1 Å². The molecule has 0 saturated carbocycles. The lowest BCUT2D eigenvalue weighted by Gasteiger charge is -2.08. The highest BCUT2D eigenvalue weighted by molar-refractivity contribution is 5.77. The highest BCUT2D eigenvalue weighted by Gasteiger charge is 2.16. The van der Waals surface area contributed by atoms with E-state index in [0.717, 1.165) is 0 Å². The number of nitrogens with two attached hydrogens (primary N) is 1. The van der Waals surface area contributed by atoms with Crippen molar-refractivity contribution in [1.82, 2.24) is 5.32 Å². The Labute approximate surface area is 122 Å². The SMILES string of the molecule is COCCCNC(=O)COc1ccc(CN)cc1[N+](=O)[O-]. The fourth-order valence-corrected chi connectivity index (χ4v) is 1.59. The zero-order valence-corrected chi connectivity index (χ0v) is 11.8. The van der Waals surface area contributed by atoms with Crippen LogP contribution in [-0.2, 0) is 16.1 Å². The minimum absolute atomic E-state index is 0.0456. The van der Waals surface area contributed by atoms with Gasteiger partial charge in [-0.2, -0.15) is 0 Å². The quantitative estimate of drug-likeness (QED) is 0.391. The molecule has 116 valence electrons. The van der Waals surface area contributed by atoms with E-state index in [9.17, 15) is 14.9 Å². The van der Waals surface area contributed by atoms with Crippen LogP contribution >= 0.6 is 0 Å². The van der Waals surface area contributed by atoms with Crippen LogP contribution in [0.2, 0.25) is 0 Å². The van der Waals surface area contributed by atoms with Crippen LogP contribution in [0.1, 0.15) is 12.0 Å². The molecule has 0 heterocycles. The van der Waals surface area contributed by atoms with Crippen LogP contribution in [0.3, 0.4) is 0 Å². The highest BCUT2D eigenvalue weighted by atomic mass is 16.6. The Bertz CT molecular complexity index is 493. The molecule has 0 radical (unpaired) electrons. The molecule has 0 aliphatic rings. The van der Waals surface area contributed by atoms with E-state index in [1.807, 2.05) is 0 Å². The summed E-state index contributed by atoms with van der Waals surface area (Å²) in [5.41, 5.74) is 5.85. The van der Waals surface area contributed by atoms with Crippen LogP contribution in [0.25, 0.3) is 0 Å². The largest absolute Gasteiger partial charge is 0.477 e. The first-order chi connectivity index (χ1) is 10.1. The lowest BCUT2D eigenvalue weighted by molar-refractivity contribution is -0.385. The number of nitro benzene ring substituents is 1. The molecule has 3 N–H and O–H groups in total. The zero-order valence-electron chi connectivity index (χ0n) is 11.8. The summed E-state index contributed by atoms with van der Waals surface area (Å²) in [7, 11) is 1.58. The topological polar surface area (TPSA) is 117 Å². The van der Waals surface area contributed by atoms with Gasteiger partial charge in [0.1, 0.15) is 0 Å². The van der Waals surface area contributed by atoms with Crippen LogP contribution in [0.5, 0.6) is 5.75 Å². The number of carbonyl (C=O) groups excluding carboxylic acids is 1. The van der Waals surface area contributed by atoms with Gasteiger partial charge in [0.05, 0.1) is 4.92 Å². The molecule has 0 aliphatic heterocycles. The second-order valence-corrected chi connectivity index (χ2v) is 4.25. The second kappa shape index (κ2) is 8.88. The third-order valence-electron chi connectivity index (χ3n) is 2.66. The molecule has 1 aromatic rings. The molecule has 0 fully saturated rings. The number of hydrogen-bond donors (Lipinski definition) is 2. The van der Waals surface area contributed by atoms with Crippen LogP contribution in [-0.4, -0.2) is 37.7 Å². The second-order valence-electron chi connectivity index (χ2n) is 4.25. The first kappa shape index (κ1) is 16.9. The van der Waals surface area contributed by atoms with Gasteiger partial charge in [-0.3, -0.25) is 14.9 Å². The first-order valence-corrected chi connectivity index (χ1v) is 6.44. The van der Waals surface area contributed by atoms with Gasteiger partial charge in [0, 0.05) is 32.9 Å². The Morgan fingerprint density at radius 2 is 2.24 bits per heavy atom. The van der Waals surface area contributed by atoms with Crippen molar-refractivity contribution < 1.29 is 19.2 Å². The molecule has 21 heavy (non-hydrogen) atoms. The Kier molecular flexibility index (Phi) is 7.13. The first-order valence-electron chi connectivity index (χ1n) is 6.44.